The van der Waals surface area contributed by atoms with Crippen LogP contribution in [-0.2, 0) is 26.2 Å². The highest BCUT2D eigenvalue weighted by atomic mass is 35.6. The molecule has 0 unspecified atom stereocenters. The lowest BCUT2D eigenvalue weighted by Crippen LogP contribution is -2.51. The molecule has 5 nitrogen and oxygen atoms in total. The monoisotopic (exact) mass is 538 g/mol. The fourth-order valence-corrected chi connectivity index (χ4v) is 4.38. The predicted octanol–water partition coefficient (Wildman–Crippen LogP) is 5.50. The first-order valence-electron chi connectivity index (χ1n) is 8.47. The second-order valence-electron chi connectivity index (χ2n) is 6.74. The maximum absolute atomic E-state index is 12.9. The van der Waals surface area contributed by atoms with Gasteiger partial charge in [0, 0.05) is 5.02 Å². The normalized spacial score (nSPS) is 16.0. The van der Waals surface area contributed by atoms with Crippen LogP contribution in [0.2, 0.25) is 5.02 Å². The quantitative estimate of drug-likeness (QED) is 0.455. The Morgan fingerprint density at radius 2 is 1.48 bits per heavy atom. The van der Waals surface area contributed by atoms with Crippen molar-refractivity contribution in [3.8, 4) is 0 Å². The highest BCUT2D eigenvalue weighted by Gasteiger charge is 2.40. The number of rotatable bonds is 7. The van der Waals surface area contributed by atoms with Crippen LogP contribution in [0.3, 0.4) is 0 Å². The van der Waals surface area contributed by atoms with Gasteiger partial charge in [-0.2, -0.15) is 26.3 Å². The van der Waals surface area contributed by atoms with Gasteiger partial charge in [0.25, 0.3) is 0 Å². The summed E-state index contributed by atoms with van der Waals surface area (Å²) in [5.41, 5.74) is 4.47. The first-order valence-corrected chi connectivity index (χ1v) is 11.4. The van der Waals surface area contributed by atoms with E-state index in [4.69, 9.17) is 56.3 Å². The van der Waals surface area contributed by atoms with Gasteiger partial charge in [-0.1, -0.05) is 70.7 Å². The Kier molecular flexibility index (Phi) is 8.20. The van der Waals surface area contributed by atoms with E-state index in [2.05, 4.69) is 4.72 Å². The fourth-order valence-electron chi connectivity index (χ4n) is 2.74. The van der Waals surface area contributed by atoms with E-state index in [9.17, 15) is 21.6 Å². The van der Waals surface area contributed by atoms with E-state index in [0.717, 1.165) is 24.3 Å². The van der Waals surface area contributed by atoms with E-state index in [0.29, 0.717) is 10.6 Å². The summed E-state index contributed by atoms with van der Waals surface area (Å²) in [7, 11) is -4.51. The van der Waals surface area contributed by atoms with Crippen LogP contribution in [0.1, 0.15) is 29.7 Å². The summed E-state index contributed by atoms with van der Waals surface area (Å²) >= 11 is 22.5. The maximum atomic E-state index is 12.9. The van der Waals surface area contributed by atoms with Crippen molar-refractivity contribution in [3.05, 3.63) is 70.2 Å². The van der Waals surface area contributed by atoms with E-state index in [-0.39, 0.29) is 5.56 Å². The molecule has 13 heteroatoms. The zero-order valence-corrected chi connectivity index (χ0v) is 19.6. The number of benzene rings is 2. The third-order valence-electron chi connectivity index (χ3n) is 4.38. The molecule has 172 valence electrons. The average Bonchev–Trinajstić information content (AvgIpc) is 2.65. The van der Waals surface area contributed by atoms with Crippen LogP contribution < -0.4 is 10.5 Å². The Bertz CT molecular complexity index is 998. The van der Waals surface area contributed by atoms with Crippen LogP contribution in [0.25, 0.3) is 0 Å². The third-order valence-corrected chi connectivity index (χ3v) is 6.06. The molecule has 0 aliphatic heterocycles. The van der Waals surface area contributed by atoms with E-state index < -0.39 is 44.0 Å². The second kappa shape index (κ2) is 9.61. The van der Waals surface area contributed by atoms with Crippen molar-refractivity contribution in [2.45, 2.75) is 28.5 Å². The molecule has 2 aromatic rings. The molecule has 2 atom stereocenters. The summed E-state index contributed by atoms with van der Waals surface area (Å²) in [6, 6.07) is 8.94. The molecule has 0 radical (unpaired) electrons. The molecule has 0 heterocycles. The van der Waals surface area contributed by atoms with Crippen molar-refractivity contribution in [3.63, 3.8) is 0 Å². The molecule has 2 aromatic carbocycles. The number of hydrogen-bond donors (Lipinski definition) is 2. The van der Waals surface area contributed by atoms with Crippen LogP contribution in [-0.4, -0.2) is 18.8 Å². The minimum Gasteiger partial charge on any atom is -0.322 e. The van der Waals surface area contributed by atoms with Gasteiger partial charge in [-0.15, -0.1) is 0 Å². The van der Waals surface area contributed by atoms with E-state index >= 15 is 0 Å². The molecule has 0 saturated heterocycles. The first-order chi connectivity index (χ1) is 14.0. The number of nitrogens with one attached hydrogen (secondary N) is 1. The molecule has 3 N–H and O–H groups in total. The predicted molar refractivity (Wildman–Crippen MR) is 115 cm³/mol. The second-order valence-corrected chi connectivity index (χ2v) is 11.0. The lowest BCUT2D eigenvalue weighted by Gasteiger charge is -2.36. The van der Waals surface area contributed by atoms with Crippen LogP contribution in [0.5, 0.6) is 0 Å². The van der Waals surface area contributed by atoms with Crippen molar-refractivity contribution in [2.75, 3.05) is 6.61 Å². The molecule has 0 aliphatic rings. The molecule has 2 rings (SSSR count). The van der Waals surface area contributed by atoms with Crippen molar-refractivity contribution in [1.29, 1.82) is 0 Å². The number of hydrogen-bond acceptors (Lipinski definition) is 4. The van der Waals surface area contributed by atoms with Gasteiger partial charge in [0.1, 0.15) is 6.61 Å². The van der Waals surface area contributed by atoms with Gasteiger partial charge in [0.05, 0.1) is 17.1 Å². The van der Waals surface area contributed by atoms with Gasteiger partial charge in [-0.25, -0.2) is 0 Å². The van der Waals surface area contributed by atoms with Gasteiger partial charge in [0.2, 0.25) is 3.79 Å². The minimum absolute atomic E-state index is 0.231. The van der Waals surface area contributed by atoms with Gasteiger partial charge in [-0.05, 0) is 42.3 Å². The van der Waals surface area contributed by atoms with Crippen LogP contribution in [0, 0.1) is 0 Å². The van der Waals surface area contributed by atoms with Crippen molar-refractivity contribution >= 4 is 56.7 Å². The van der Waals surface area contributed by atoms with Crippen molar-refractivity contribution in [1.82, 2.24) is 4.72 Å². The molecule has 0 amide bonds. The summed E-state index contributed by atoms with van der Waals surface area (Å²) in [4.78, 5) is 0. The zero-order chi connectivity index (χ0) is 23.7. The summed E-state index contributed by atoms with van der Waals surface area (Å²) in [5.74, 6) is 0. The molecule has 0 saturated carbocycles. The summed E-state index contributed by atoms with van der Waals surface area (Å²) in [6.07, 6.45) is -4.53. The highest BCUT2D eigenvalue weighted by molar-refractivity contribution is 7.84. The minimum atomic E-state index is -4.53. The van der Waals surface area contributed by atoms with E-state index in [1.54, 1.807) is 0 Å². The Morgan fingerprint density at radius 1 is 1.00 bits per heavy atom. The lowest BCUT2D eigenvalue weighted by atomic mass is 9.82. The molecule has 0 aliphatic carbocycles. The lowest BCUT2D eigenvalue weighted by molar-refractivity contribution is -0.137. The molecule has 0 aromatic heterocycles. The number of halogens is 7. The standard InChI is InChI=1S/C18H17Cl4F3N2O3S/c1-16(12-6-8-14(19)9-7-12,27-31(28,29)30-10-17(20,21)22)15(26)11-2-4-13(5-3-11)18(23,24)25/h2-9,15,27H,10,26H2,1H3/t15-,16-/m0/s1. The molecule has 0 fully saturated rings. The SMILES string of the molecule is C[C@](NS(=O)(=O)OCC(Cl)(Cl)Cl)(c1ccc(Cl)cc1)[C@@H](N)c1ccc(C(F)(F)F)cc1. The smallest absolute Gasteiger partial charge is 0.322 e. The Labute approximate surface area is 197 Å². The van der Waals surface area contributed by atoms with Crippen LogP contribution >= 0.6 is 46.4 Å². The molecule has 0 bridgehead atoms. The zero-order valence-electron chi connectivity index (χ0n) is 15.8. The molecule has 0 spiro atoms. The van der Waals surface area contributed by atoms with Crippen molar-refractivity contribution in [2.24, 2.45) is 5.73 Å². The summed E-state index contributed by atoms with van der Waals surface area (Å²) in [6.45, 7) is 0.661. The topological polar surface area (TPSA) is 81.4 Å². The average molecular weight is 540 g/mol. The first kappa shape index (κ1) is 26.5. The molecule has 31 heavy (non-hydrogen) atoms. The Hall–Kier alpha value is -0.780. The van der Waals surface area contributed by atoms with Gasteiger partial charge in [-0.3, -0.25) is 4.18 Å². The molecular weight excluding hydrogens is 523 g/mol. The number of nitrogens with two attached hydrogens (primary N) is 1. The van der Waals surface area contributed by atoms with Gasteiger partial charge >= 0.3 is 16.5 Å². The van der Waals surface area contributed by atoms with Crippen LogP contribution in [0.15, 0.2) is 48.5 Å². The molecular formula is C18H17Cl4F3N2O3S. The van der Waals surface area contributed by atoms with Crippen LogP contribution in [0.4, 0.5) is 13.2 Å². The Morgan fingerprint density at radius 3 is 1.94 bits per heavy atom. The number of alkyl halides is 6. The fraction of sp³-hybridized carbons (Fsp3) is 0.333. The van der Waals surface area contributed by atoms with E-state index in [1.165, 1.54) is 31.2 Å². The van der Waals surface area contributed by atoms with Gasteiger partial charge < -0.3 is 5.73 Å². The highest BCUT2D eigenvalue weighted by Crippen LogP contribution is 2.37. The maximum Gasteiger partial charge on any atom is 0.416 e. The van der Waals surface area contributed by atoms with E-state index in [1.807, 2.05) is 0 Å². The largest absolute Gasteiger partial charge is 0.416 e. The van der Waals surface area contributed by atoms with Gasteiger partial charge in [0.15, 0.2) is 0 Å². The summed E-state index contributed by atoms with van der Waals surface area (Å²) in [5, 5.41) is 0.379. The third kappa shape index (κ3) is 7.36. The Balaban J connectivity index is 2.46. The summed E-state index contributed by atoms with van der Waals surface area (Å²) < 4.78 is 68.7. The van der Waals surface area contributed by atoms with Crippen molar-refractivity contribution < 1.29 is 25.8 Å².